The molecule has 0 amide bonds. The van der Waals surface area contributed by atoms with Gasteiger partial charge in [-0.3, -0.25) is 14.2 Å². The Morgan fingerprint density at radius 1 is 0.956 bits per heavy atom. The van der Waals surface area contributed by atoms with Gasteiger partial charge in [-0.25, -0.2) is 25.1 Å². The third kappa shape index (κ3) is 6.64. The van der Waals surface area contributed by atoms with Gasteiger partial charge in [0.2, 0.25) is 7.44 Å². The number of carbonyl (C=O) groups excluding carboxylic acids is 2. The molecule has 248 valence electrons. The van der Waals surface area contributed by atoms with Gasteiger partial charge in [-0.05, 0) is 96.8 Å². The maximum Gasteiger partial charge on any atom is 0.326 e. The van der Waals surface area contributed by atoms with E-state index >= 15 is 0 Å². The van der Waals surface area contributed by atoms with E-state index in [1.807, 2.05) is 6.92 Å². The number of carbonyl (C=O) groups is 2. The van der Waals surface area contributed by atoms with Crippen LogP contribution in [-0.2, 0) is 34.9 Å². The van der Waals surface area contributed by atoms with Crippen LogP contribution in [0.15, 0.2) is 12.7 Å². The Morgan fingerprint density at radius 3 is 1.93 bits per heavy atom. The van der Waals surface area contributed by atoms with E-state index in [2.05, 4.69) is 25.1 Å². The Bertz CT molecular complexity index is 1420. The van der Waals surface area contributed by atoms with Crippen molar-refractivity contribution >= 4 is 36.4 Å². The molecule has 2 aromatic rings. The highest BCUT2D eigenvalue weighted by molar-refractivity contribution is 7.59. The van der Waals surface area contributed by atoms with E-state index in [-0.39, 0.29) is 24.4 Å². The van der Waals surface area contributed by atoms with Crippen LogP contribution in [0, 0.1) is 10.8 Å². The zero-order chi connectivity index (χ0) is 32.3. The zero-order valence-electron chi connectivity index (χ0n) is 27.1. The first-order valence-electron chi connectivity index (χ1n) is 16.2. The molecule has 45 heavy (non-hydrogen) atoms. The highest BCUT2D eigenvalue weighted by Crippen LogP contribution is 2.58. The molecule has 14 heteroatoms. The van der Waals surface area contributed by atoms with E-state index in [0.29, 0.717) is 28.5 Å². The Labute approximate surface area is 264 Å². The maximum absolute atomic E-state index is 14.7. The second kappa shape index (κ2) is 11.6. The molecule has 1 atom stereocenters. The summed E-state index contributed by atoms with van der Waals surface area (Å²) in [6, 6.07) is 0. The molecule has 0 radical (unpaired) electrons. The summed E-state index contributed by atoms with van der Waals surface area (Å²) in [5.41, 5.74) is 5.04. The van der Waals surface area contributed by atoms with Crippen molar-refractivity contribution in [2.75, 3.05) is 12.1 Å². The normalized spacial score (nSPS) is 24.2. The lowest BCUT2D eigenvalue weighted by molar-refractivity contribution is -0.173. The predicted octanol–water partition coefficient (Wildman–Crippen LogP) is 4.45. The Balaban J connectivity index is 1.12. The summed E-state index contributed by atoms with van der Waals surface area (Å²) in [4.78, 5) is 39.3. The molecule has 0 unspecified atom stereocenters. The number of nitrogens with one attached hydrogen (secondary N) is 2. The molecule has 4 saturated carbocycles. The van der Waals surface area contributed by atoms with E-state index in [1.54, 1.807) is 38.6 Å². The van der Waals surface area contributed by atoms with Crippen LogP contribution in [0.1, 0.15) is 98.8 Å². The van der Waals surface area contributed by atoms with Gasteiger partial charge in [-0.2, -0.15) is 0 Å². The van der Waals surface area contributed by atoms with Crippen LogP contribution in [0.3, 0.4) is 0 Å². The van der Waals surface area contributed by atoms with Gasteiger partial charge in [0.1, 0.15) is 41.5 Å². The SMILES string of the molecule is C[C@H](Cn1cnc2c(N)ncnc21)OCP(=O)(NC(C)(C)C(=O)OC1CC2(CCC2)C1)NC(C)(C)C(=O)OC1CC2(CCC2)C1. The molecule has 0 aliphatic heterocycles. The number of rotatable bonds is 13. The number of nitrogens with zero attached hydrogens (tertiary/aromatic N) is 4. The zero-order valence-corrected chi connectivity index (χ0v) is 28.0. The van der Waals surface area contributed by atoms with Crippen LogP contribution < -0.4 is 15.9 Å². The van der Waals surface area contributed by atoms with Gasteiger partial charge in [0.25, 0.3) is 0 Å². The van der Waals surface area contributed by atoms with Crippen LogP contribution in [0.4, 0.5) is 5.82 Å². The lowest BCUT2D eigenvalue weighted by atomic mass is 9.55. The predicted molar refractivity (Wildman–Crippen MR) is 168 cm³/mol. The van der Waals surface area contributed by atoms with Gasteiger partial charge >= 0.3 is 11.9 Å². The van der Waals surface area contributed by atoms with Crippen molar-refractivity contribution < 1.29 is 28.4 Å². The lowest BCUT2D eigenvalue weighted by Crippen LogP contribution is -2.56. The highest BCUT2D eigenvalue weighted by atomic mass is 31.2. The fourth-order valence-corrected chi connectivity index (χ4v) is 10.1. The van der Waals surface area contributed by atoms with Gasteiger partial charge in [-0.1, -0.05) is 12.8 Å². The summed E-state index contributed by atoms with van der Waals surface area (Å²) < 4.78 is 34.3. The summed E-state index contributed by atoms with van der Waals surface area (Å²) in [6.45, 7) is 8.75. The van der Waals surface area contributed by atoms with Crippen molar-refractivity contribution in [3.8, 4) is 0 Å². The van der Waals surface area contributed by atoms with Crippen molar-refractivity contribution in [3.05, 3.63) is 12.7 Å². The van der Waals surface area contributed by atoms with Crippen molar-refractivity contribution in [1.29, 1.82) is 0 Å². The average molecular weight is 646 g/mol. The molecule has 4 aliphatic carbocycles. The molecule has 2 aromatic heterocycles. The monoisotopic (exact) mass is 645 g/mol. The number of ether oxygens (including phenoxy) is 3. The smallest absolute Gasteiger partial charge is 0.326 e. The number of nitrogen functional groups attached to an aromatic ring is 1. The summed E-state index contributed by atoms with van der Waals surface area (Å²) in [7, 11) is -3.77. The largest absolute Gasteiger partial charge is 0.461 e. The number of esters is 2. The molecule has 6 rings (SSSR count). The van der Waals surface area contributed by atoms with Crippen LogP contribution in [0.25, 0.3) is 11.2 Å². The third-order valence-electron chi connectivity index (χ3n) is 10.4. The van der Waals surface area contributed by atoms with Crippen molar-refractivity contribution in [1.82, 2.24) is 29.7 Å². The van der Waals surface area contributed by atoms with E-state index in [1.165, 1.54) is 44.9 Å². The lowest BCUT2D eigenvalue weighted by Gasteiger charge is -2.53. The number of imidazole rings is 1. The standard InChI is InChI=1S/C31H48N7O6P/c1-20(16-38-18-35-23-24(32)33-17-34-25(23)38)42-19-45(41,36-28(2,3)26(39)43-21-12-30(13-21)8-6-9-30)37-29(4,5)27(40)44-22-14-31(15-22)10-7-11-31/h17-18,20-22H,6-16,19H2,1-5H3,(H2,32,33,34)(H2,36,37,41)/t20-/m1/s1. The first-order valence-corrected chi connectivity index (χ1v) is 18.1. The topological polar surface area (TPSA) is 173 Å². The second-order valence-corrected chi connectivity index (χ2v) is 17.4. The number of nitrogens with two attached hydrogens (primary N) is 1. The molecule has 4 aliphatic rings. The van der Waals surface area contributed by atoms with Gasteiger partial charge in [0.15, 0.2) is 11.5 Å². The van der Waals surface area contributed by atoms with Gasteiger partial charge in [0.05, 0.1) is 19.0 Å². The van der Waals surface area contributed by atoms with Crippen molar-refractivity contribution in [2.24, 2.45) is 10.8 Å². The summed E-state index contributed by atoms with van der Waals surface area (Å²) in [6.07, 6.45) is 12.8. The number of anilines is 1. The van der Waals surface area contributed by atoms with Crippen molar-refractivity contribution in [2.45, 2.75) is 135 Å². The molecule has 4 N–H and O–H groups in total. The molecule has 4 fully saturated rings. The third-order valence-corrected chi connectivity index (χ3v) is 12.7. The minimum atomic E-state index is -3.77. The average Bonchev–Trinajstić information content (AvgIpc) is 3.27. The molecular formula is C31H48N7O6P. The first kappa shape index (κ1) is 32.3. The molecule has 2 heterocycles. The Morgan fingerprint density at radius 2 is 1.47 bits per heavy atom. The van der Waals surface area contributed by atoms with E-state index in [0.717, 1.165) is 25.7 Å². The van der Waals surface area contributed by atoms with Crippen LogP contribution in [0.5, 0.6) is 0 Å². The van der Waals surface area contributed by atoms with E-state index < -0.39 is 36.6 Å². The number of hydrogen-bond donors (Lipinski definition) is 3. The summed E-state index contributed by atoms with van der Waals surface area (Å²) in [5.74, 6) is -0.693. The molecule has 13 nitrogen and oxygen atoms in total. The summed E-state index contributed by atoms with van der Waals surface area (Å²) in [5, 5.41) is 6.06. The number of aromatic nitrogens is 4. The van der Waals surface area contributed by atoms with Gasteiger partial charge in [-0.15, -0.1) is 0 Å². The maximum atomic E-state index is 14.7. The fraction of sp³-hybridized carbons (Fsp3) is 0.774. The Hall–Kier alpha value is -2.60. The molecule has 0 saturated heterocycles. The highest BCUT2D eigenvalue weighted by Gasteiger charge is 2.53. The minimum absolute atomic E-state index is 0.127. The van der Waals surface area contributed by atoms with Crippen LogP contribution >= 0.6 is 7.44 Å². The Kier molecular flexibility index (Phi) is 8.32. The molecule has 2 spiro atoms. The molecule has 0 aromatic carbocycles. The summed E-state index contributed by atoms with van der Waals surface area (Å²) >= 11 is 0. The first-order chi connectivity index (χ1) is 21.1. The number of fused-ring (bicyclic) bond motifs is 1. The van der Waals surface area contributed by atoms with Crippen LogP contribution in [-0.4, -0.2) is 67.2 Å². The van der Waals surface area contributed by atoms with Gasteiger partial charge in [0, 0.05) is 0 Å². The molecule has 0 bridgehead atoms. The van der Waals surface area contributed by atoms with Gasteiger partial charge < -0.3 is 24.5 Å². The van der Waals surface area contributed by atoms with E-state index in [9.17, 15) is 14.2 Å². The van der Waals surface area contributed by atoms with E-state index in [4.69, 9.17) is 19.9 Å². The molecular weight excluding hydrogens is 597 g/mol. The minimum Gasteiger partial charge on any atom is -0.461 e. The second-order valence-electron chi connectivity index (χ2n) is 15.2. The van der Waals surface area contributed by atoms with Crippen LogP contribution in [0.2, 0.25) is 0 Å². The fourth-order valence-electron chi connectivity index (χ4n) is 7.43. The van der Waals surface area contributed by atoms with Crippen molar-refractivity contribution in [3.63, 3.8) is 0 Å². The quantitative estimate of drug-likeness (QED) is 0.207. The number of hydrogen-bond acceptors (Lipinski definition) is 10.